The van der Waals surface area contributed by atoms with Gasteiger partial charge in [-0.1, -0.05) is 13.3 Å². The average Bonchev–Trinajstić information content (AvgIpc) is 3.02. The van der Waals surface area contributed by atoms with Crippen LogP contribution in [0.15, 0.2) is 16.6 Å². The Morgan fingerprint density at radius 3 is 2.95 bits per heavy atom. The van der Waals surface area contributed by atoms with Crippen LogP contribution in [0.1, 0.15) is 37.9 Å². The minimum Gasteiger partial charge on any atom is -0.481 e. The monoisotopic (exact) mass is 354 g/mol. The van der Waals surface area contributed by atoms with Crippen LogP contribution in [0.4, 0.5) is 4.39 Å². The lowest BCUT2D eigenvalue weighted by Crippen LogP contribution is -2.17. The van der Waals surface area contributed by atoms with Crippen LogP contribution in [0, 0.1) is 17.7 Å². The Balaban J connectivity index is 2.00. The molecule has 4 nitrogen and oxygen atoms in total. The fourth-order valence-electron chi connectivity index (χ4n) is 3.25. The number of hydrogen-bond donors (Lipinski definition) is 2. The first kappa shape index (κ1) is 14.5. The van der Waals surface area contributed by atoms with Crippen LogP contribution in [-0.2, 0) is 4.79 Å². The number of hydrogen-bond acceptors (Lipinski definition) is 2. The Labute approximate surface area is 129 Å². The zero-order valence-electron chi connectivity index (χ0n) is 11.6. The van der Waals surface area contributed by atoms with Crippen LogP contribution in [0.3, 0.4) is 0 Å². The number of aliphatic carboxylic acids is 1. The number of halogens is 2. The van der Waals surface area contributed by atoms with Crippen molar-refractivity contribution in [2.45, 2.75) is 32.1 Å². The van der Waals surface area contributed by atoms with Gasteiger partial charge in [0.1, 0.15) is 11.6 Å². The van der Waals surface area contributed by atoms with Gasteiger partial charge in [0.15, 0.2) is 0 Å². The largest absolute Gasteiger partial charge is 0.481 e. The summed E-state index contributed by atoms with van der Waals surface area (Å²) in [4.78, 5) is 19.0. The number of nitrogens with one attached hydrogen (secondary N) is 1. The highest BCUT2D eigenvalue weighted by Gasteiger charge is 2.40. The second kappa shape index (κ2) is 5.40. The van der Waals surface area contributed by atoms with Crippen LogP contribution < -0.4 is 0 Å². The molecule has 112 valence electrons. The van der Waals surface area contributed by atoms with Crippen molar-refractivity contribution in [2.75, 3.05) is 0 Å². The molecule has 0 saturated heterocycles. The number of aromatic nitrogens is 2. The van der Waals surface area contributed by atoms with Gasteiger partial charge in [-0.05, 0) is 40.8 Å². The Kier molecular flexibility index (Phi) is 3.73. The lowest BCUT2D eigenvalue weighted by atomic mass is 9.96. The standard InChI is InChI=1S/C15H16BrFN2O2/c1-2-7-3-8(9(4-7)15(20)21)14-18-12-5-10(16)11(17)6-13(12)19-14/h5-9H,2-4H2,1H3,(H,18,19)(H,20,21). The number of nitrogens with zero attached hydrogens (tertiary/aromatic N) is 1. The number of carboxylic acids is 1. The van der Waals surface area contributed by atoms with Crippen molar-refractivity contribution < 1.29 is 14.3 Å². The molecule has 2 aromatic rings. The Morgan fingerprint density at radius 2 is 2.29 bits per heavy atom. The molecule has 0 radical (unpaired) electrons. The molecular formula is C15H16BrFN2O2. The topological polar surface area (TPSA) is 66.0 Å². The summed E-state index contributed by atoms with van der Waals surface area (Å²) >= 11 is 3.14. The molecule has 1 heterocycles. The highest BCUT2D eigenvalue weighted by Crippen LogP contribution is 2.44. The average molecular weight is 355 g/mol. The molecule has 0 amide bonds. The van der Waals surface area contributed by atoms with Crippen LogP contribution in [0.25, 0.3) is 11.0 Å². The van der Waals surface area contributed by atoms with Crippen molar-refractivity contribution in [1.82, 2.24) is 9.97 Å². The maximum absolute atomic E-state index is 13.6. The van der Waals surface area contributed by atoms with Crippen LogP contribution in [0.5, 0.6) is 0 Å². The smallest absolute Gasteiger partial charge is 0.307 e. The van der Waals surface area contributed by atoms with Gasteiger partial charge >= 0.3 is 5.97 Å². The molecule has 1 aromatic carbocycles. The highest BCUT2D eigenvalue weighted by molar-refractivity contribution is 9.10. The predicted molar refractivity (Wildman–Crippen MR) is 80.6 cm³/mol. The number of carboxylic acid groups (broad SMARTS) is 1. The van der Waals surface area contributed by atoms with E-state index in [1.165, 1.54) is 6.07 Å². The number of benzene rings is 1. The molecule has 6 heteroatoms. The molecule has 1 aliphatic rings. The summed E-state index contributed by atoms with van der Waals surface area (Å²) in [5, 5.41) is 9.41. The number of carbonyl (C=O) groups is 1. The van der Waals surface area contributed by atoms with Gasteiger partial charge in [-0.25, -0.2) is 9.37 Å². The first-order valence-electron chi connectivity index (χ1n) is 7.07. The van der Waals surface area contributed by atoms with E-state index in [4.69, 9.17) is 0 Å². The van der Waals surface area contributed by atoms with E-state index >= 15 is 0 Å². The summed E-state index contributed by atoms with van der Waals surface area (Å²) in [7, 11) is 0. The number of fused-ring (bicyclic) bond motifs is 1. The molecule has 1 saturated carbocycles. The summed E-state index contributed by atoms with van der Waals surface area (Å²) in [6.07, 6.45) is 2.48. The second-order valence-corrected chi connectivity index (χ2v) is 6.56. The van der Waals surface area contributed by atoms with Gasteiger partial charge in [0.2, 0.25) is 0 Å². The minimum absolute atomic E-state index is 0.123. The van der Waals surface area contributed by atoms with Crippen LogP contribution >= 0.6 is 15.9 Å². The van der Waals surface area contributed by atoms with E-state index in [1.54, 1.807) is 6.07 Å². The Bertz CT molecular complexity index is 661. The van der Waals surface area contributed by atoms with E-state index < -0.39 is 11.9 Å². The van der Waals surface area contributed by atoms with E-state index in [0.717, 1.165) is 12.8 Å². The first-order chi connectivity index (χ1) is 9.99. The minimum atomic E-state index is -0.774. The molecule has 0 bridgehead atoms. The van der Waals surface area contributed by atoms with Gasteiger partial charge in [0.25, 0.3) is 0 Å². The predicted octanol–water partition coefficient (Wildman–Crippen LogP) is 4.07. The van der Waals surface area contributed by atoms with E-state index in [2.05, 4.69) is 32.8 Å². The molecule has 1 aliphatic carbocycles. The summed E-state index contributed by atoms with van der Waals surface area (Å²) in [5.74, 6) is -0.599. The third-order valence-electron chi connectivity index (χ3n) is 4.45. The van der Waals surface area contributed by atoms with Crippen molar-refractivity contribution in [1.29, 1.82) is 0 Å². The van der Waals surface area contributed by atoms with E-state index in [9.17, 15) is 14.3 Å². The Hall–Kier alpha value is -1.43. The van der Waals surface area contributed by atoms with Gasteiger partial charge in [-0.3, -0.25) is 4.79 Å². The van der Waals surface area contributed by atoms with Crippen molar-refractivity contribution in [3.05, 3.63) is 28.2 Å². The zero-order chi connectivity index (χ0) is 15.1. The quantitative estimate of drug-likeness (QED) is 0.872. The third kappa shape index (κ3) is 2.57. The van der Waals surface area contributed by atoms with Crippen LogP contribution in [-0.4, -0.2) is 21.0 Å². The van der Waals surface area contributed by atoms with Gasteiger partial charge in [0.05, 0.1) is 21.4 Å². The number of H-pyrrole nitrogens is 1. The van der Waals surface area contributed by atoms with Crippen molar-refractivity contribution in [3.63, 3.8) is 0 Å². The SMILES string of the molecule is CCC1CC(C(=O)O)C(c2nc3cc(Br)c(F)cc3[nH]2)C1. The molecule has 0 spiro atoms. The highest BCUT2D eigenvalue weighted by atomic mass is 79.9. The normalized spacial score (nSPS) is 25.6. The lowest BCUT2D eigenvalue weighted by Gasteiger charge is -2.12. The maximum atomic E-state index is 13.6. The molecule has 1 fully saturated rings. The molecule has 1 aromatic heterocycles. The fourth-order valence-corrected chi connectivity index (χ4v) is 3.58. The number of aromatic amines is 1. The number of imidazole rings is 1. The van der Waals surface area contributed by atoms with E-state index in [-0.39, 0.29) is 11.7 Å². The van der Waals surface area contributed by atoms with Crippen molar-refractivity contribution in [3.8, 4) is 0 Å². The molecular weight excluding hydrogens is 339 g/mol. The lowest BCUT2D eigenvalue weighted by molar-refractivity contribution is -0.142. The first-order valence-corrected chi connectivity index (χ1v) is 7.86. The van der Waals surface area contributed by atoms with Gasteiger partial charge in [-0.15, -0.1) is 0 Å². The van der Waals surface area contributed by atoms with Gasteiger partial charge in [-0.2, -0.15) is 0 Å². The molecule has 21 heavy (non-hydrogen) atoms. The molecule has 0 aliphatic heterocycles. The van der Waals surface area contributed by atoms with E-state index in [0.29, 0.717) is 33.7 Å². The molecule has 3 atom stereocenters. The molecule has 3 unspecified atom stereocenters. The van der Waals surface area contributed by atoms with Crippen LogP contribution in [0.2, 0.25) is 0 Å². The third-order valence-corrected chi connectivity index (χ3v) is 5.06. The van der Waals surface area contributed by atoms with E-state index in [1.807, 2.05) is 0 Å². The maximum Gasteiger partial charge on any atom is 0.307 e. The van der Waals surface area contributed by atoms with Gasteiger partial charge in [0, 0.05) is 12.0 Å². The second-order valence-electron chi connectivity index (χ2n) is 5.70. The zero-order valence-corrected chi connectivity index (χ0v) is 13.2. The van der Waals surface area contributed by atoms with Crippen molar-refractivity contribution in [2.24, 2.45) is 11.8 Å². The molecule has 3 rings (SSSR count). The summed E-state index contributed by atoms with van der Waals surface area (Å²) in [5.41, 5.74) is 1.26. The summed E-state index contributed by atoms with van der Waals surface area (Å²) < 4.78 is 13.9. The number of rotatable bonds is 3. The Morgan fingerprint density at radius 1 is 1.52 bits per heavy atom. The summed E-state index contributed by atoms with van der Waals surface area (Å²) in [6.45, 7) is 2.08. The summed E-state index contributed by atoms with van der Waals surface area (Å²) in [6, 6.07) is 3.00. The molecule has 2 N–H and O–H groups in total. The van der Waals surface area contributed by atoms with Gasteiger partial charge < -0.3 is 10.1 Å². The van der Waals surface area contributed by atoms with Crippen molar-refractivity contribution >= 4 is 32.9 Å². The fraction of sp³-hybridized carbons (Fsp3) is 0.467.